The quantitative estimate of drug-likeness (QED) is 0.429. The van der Waals surface area contributed by atoms with Gasteiger partial charge < -0.3 is 25.2 Å². The van der Waals surface area contributed by atoms with Gasteiger partial charge in [-0.3, -0.25) is 0 Å². The number of carboxylic acids is 2. The zero-order valence-corrected chi connectivity index (χ0v) is 7.00. The summed E-state index contributed by atoms with van der Waals surface area (Å²) in [6.07, 6.45) is -4.47. The van der Waals surface area contributed by atoms with E-state index in [1.54, 1.807) is 0 Å². The van der Waals surface area contributed by atoms with Gasteiger partial charge in [0.05, 0.1) is 0 Å². The van der Waals surface area contributed by atoms with Crippen molar-refractivity contribution < 1.29 is 39.5 Å². The van der Waals surface area contributed by atoms with Crippen LogP contribution < -0.4 is 0 Å². The Bertz CT molecular complexity index is 271. The van der Waals surface area contributed by atoms with Gasteiger partial charge in [-0.05, 0) is 6.92 Å². The van der Waals surface area contributed by atoms with Crippen LogP contribution >= 0.6 is 0 Å². The molecule has 14 heavy (non-hydrogen) atoms. The molecule has 0 rings (SSSR count). The molecule has 0 amide bonds. The van der Waals surface area contributed by atoms with Gasteiger partial charge in [-0.15, -0.1) is 0 Å². The van der Waals surface area contributed by atoms with E-state index in [1.165, 1.54) is 0 Å². The second-order valence-corrected chi connectivity index (χ2v) is 2.52. The van der Waals surface area contributed by atoms with E-state index in [1.807, 2.05) is 0 Å². The molecule has 0 radical (unpaired) electrons. The maximum Gasteiger partial charge on any atom is 0.507 e. The van der Waals surface area contributed by atoms with Crippen LogP contribution in [0.4, 0.5) is 4.79 Å². The molecule has 0 aliphatic carbocycles. The van der Waals surface area contributed by atoms with E-state index in [2.05, 4.69) is 4.74 Å². The fourth-order valence-electron chi connectivity index (χ4n) is 0.633. The van der Waals surface area contributed by atoms with Crippen LogP contribution in [-0.4, -0.2) is 50.2 Å². The van der Waals surface area contributed by atoms with Gasteiger partial charge in [-0.2, -0.15) is 0 Å². The summed E-state index contributed by atoms with van der Waals surface area (Å²) in [5.74, 6) is -3.79. The molecule has 8 heteroatoms. The zero-order valence-electron chi connectivity index (χ0n) is 7.00. The smallest absolute Gasteiger partial charge is 0.479 e. The fraction of sp³-hybridized carbons (Fsp3) is 0.500. The molecule has 0 saturated carbocycles. The van der Waals surface area contributed by atoms with Crippen molar-refractivity contribution in [2.24, 2.45) is 0 Å². The van der Waals surface area contributed by atoms with E-state index in [9.17, 15) is 14.4 Å². The maximum absolute atomic E-state index is 10.5. The zero-order chi connectivity index (χ0) is 11.5. The third kappa shape index (κ3) is 2.33. The first-order valence-electron chi connectivity index (χ1n) is 3.28. The third-order valence-electron chi connectivity index (χ3n) is 1.48. The first-order chi connectivity index (χ1) is 6.21. The lowest BCUT2D eigenvalue weighted by atomic mass is 9.99. The molecular formula is C6H8O8. The molecule has 0 aromatic carbocycles. The molecule has 0 aliphatic heterocycles. The first-order valence-corrected chi connectivity index (χ1v) is 3.28. The largest absolute Gasteiger partial charge is 0.507 e. The highest BCUT2D eigenvalue weighted by molar-refractivity contribution is 5.88. The molecule has 2 atom stereocenters. The molecule has 8 nitrogen and oxygen atoms in total. The summed E-state index contributed by atoms with van der Waals surface area (Å²) in [6.45, 7) is 0.641. The highest BCUT2D eigenvalue weighted by Crippen LogP contribution is 2.17. The topological polar surface area (TPSA) is 141 Å². The molecule has 2 unspecified atom stereocenters. The minimum atomic E-state index is -2.72. The SMILES string of the molecule is CC(OC(=O)O)(C(=O)O)C(O)C(=O)O. The van der Waals surface area contributed by atoms with Gasteiger partial charge in [0.2, 0.25) is 11.7 Å². The van der Waals surface area contributed by atoms with Crippen LogP contribution in [0.3, 0.4) is 0 Å². The lowest BCUT2D eigenvalue weighted by Gasteiger charge is -2.25. The number of hydrogen-bond acceptors (Lipinski definition) is 5. The Morgan fingerprint density at radius 1 is 1.21 bits per heavy atom. The van der Waals surface area contributed by atoms with Crippen molar-refractivity contribution in [1.82, 2.24) is 0 Å². The van der Waals surface area contributed by atoms with Crippen molar-refractivity contribution in [3.63, 3.8) is 0 Å². The van der Waals surface area contributed by atoms with Crippen molar-refractivity contribution in [3.05, 3.63) is 0 Å². The number of aliphatic carboxylic acids is 2. The molecule has 0 heterocycles. The number of hydrogen-bond donors (Lipinski definition) is 4. The van der Waals surface area contributed by atoms with Crippen molar-refractivity contribution >= 4 is 18.1 Å². The van der Waals surface area contributed by atoms with E-state index in [4.69, 9.17) is 20.4 Å². The molecule has 4 N–H and O–H groups in total. The second-order valence-electron chi connectivity index (χ2n) is 2.52. The Morgan fingerprint density at radius 2 is 1.64 bits per heavy atom. The van der Waals surface area contributed by atoms with Gasteiger partial charge in [-0.25, -0.2) is 14.4 Å². The van der Waals surface area contributed by atoms with E-state index >= 15 is 0 Å². The number of rotatable bonds is 4. The lowest BCUT2D eigenvalue weighted by Crippen LogP contribution is -2.53. The molecule has 0 spiro atoms. The third-order valence-corrected chi connectivity index (χ3v) is 1.48. The van der Waals surface area contributed by atoms with E-state index in [0.29, 0.717) is 6.92 Å². The van der Waals surface area contributed by atoms with Gasteiger partial charge in [-0.1, -0.05) is 0 Å². The number of aliphatic hydroxyl groups excluding tert-OH is 1. The highest BCUT2D eigenvalue weighted by Gasteiger charge is 2.49. The molecule has 80 valence electrons. The van der Waals surface area contributed by atoms with Crippen molar-refractivity contribution in [3.8, 4) is 0 Å². The van der Waals surface area contributed by atoms with Gasteiger partial charge in [0.25, 0.3) is 0 Å². The van der Waals surface area contributed by atoms with Crippen LogP contribution in [0.2, 0.25) is 0 Å². The Hall–Kier alpha value is -1.83. The van der Waals surface area contributed by atoms with Crippen LogP contribution in [0.5, 0.6) is 0 Å². The summed E-state index contributed by atoms with van der Waals surface area (Å²) < 4.78 is 3.81. The minimum Gasteiger partial charge on any atom is -0.479 e. The van der Waals surface area contributed by atoms with Crippen LogP contribution in [0, 0.1) is 0 Å². The summed E-state index contributed by atoms with van der Waals surface area (Å²) in [4.78, 5) is 30.8. The molecule has 0 bridgehead atoms. The lowest BCUT2D eigenvalue weighted by molar-refractivity contribution is -0.182. The minimum absolute atomic E-state index is 0.641. The fourth-order valence-corrected chi connectivity index (χ4v) is 0.633. The van der Waals surface area contributed by atoms with Crippen LogP contribution in [0.25, 0.3) is 0 Å². The van der Waals surface area contributed by atoms with Gasteiger partial charge in [0.1, 0.15) is 0 Å². The average molecular weight is 208 g/mol. The number of aliphatic hydroxyl groups is 1. The van der Waals surface area contributed by atoms with E-state index in [0.717, 1.165) is 0 Å². The Kier molecular flexibility index (Phi) is 3.41. The van der Waals surface area contributed by atoms with E-state index in [-0.39, 0.29) is 0 Å². The standard InChI is InChI=1S/C6H8O8/c1-6(4(10)11,14-5(12)13)2(7)3(8)9/h2,7H,1H3,(H,8,9)(H,10,11)(H,12,13). The molecule has 0 fully saturated rings. The molecule has 0 saturated heterocycles. The normalized spacial score (nSPS) is 16.4. The molecule has 0 aliphatic rings. The van der Waals surface area contributed by atoms with Crippen LogP contribution in [-0.2, 0) is 14.3 Å². The monoisotopic (exact) mass is 208 g/mol. The Morgan fingerprint density at radius 3 is 1.86 bits per heavy atom. The Labute approximate surface area is 77.3 Å². The molecule has 0 aromatic rings. The predicted octanol–water partition coefficient (Wildman–Crippen LogP) is -1.03. The van der Waals surface area contributed by atoms with Gasteiger partial charge in [0, 0.05) is 0 Å². The Balaban J connectivity index is 4.99. The summed E-state index contributed by atoms with van der Waals surface area (Å²) >= 11 is 0. The summed E-state index contributed by atoms with van der Waals surface area (Å²) in [5.41, 5.74) is -2.72. The summed E-state index contributed by atoms with van der Waals surface area (Å²) in [5, 5.41) is 33.8. The number of carbonyl (C=O) groups is 3. The van der Waals surface area contributed by atoms with Gasteiger partial charge >= 0.3 is 18.1 Å². The van der Waals surface area contributed by atoms with Crippen molar-refractivity contribution in [2.75, 3.05) is 0 Å². The van der Waals surface area contributed by atoms with Crippen molar-refractivity contribution in [2.45, 2.75) is 18.6 Å². The van der Waals surface area contributed by atoms with E-state index < -0.39 is 29.8 Å². The first kappa shape index (κ1) is 12.2. The van der Waals surface area contributed by atoms with Crippen LogP contribution in [0.15, 0.2) is 0 Å². The summed E-state index contributed by atoms with van der Waals surface area (Å²) in [6, 6.07) is 0. The average Bonchev–Trinajstić information content (AvgIpc) is 2.00. The predicted molar refractivity (Wildman–Crippen MR) is 38.8 cm³/mol. The van der Waals surface area contributed by atoms with Gasteiger partial charge in [0.15, 0.2) is 0 Å². The highest BCUT2D eigenvalue weighted by atomic mass is 16.7. The van der Waals surface area contributed by atoms with Crippen molar-refractivity contribution in [1.29, 1.82) is 0 Å². The van der Waals surface area contributed by atoms with Crippen LogP contribution in [0.1, 0.15) is 6.92 Å². The number of ether oxygens (including phenoxy) is 1. The number of carboxylic acid groups (broad SMARTS) is 3. The summed E-state index contributed by atoms with van der Waals surface area (Å²) in [7, 11) is 0. The molecule has 0 aromatic heterocycles. The molecular weight excluding hydrogens is 200 g/mol. The maximum atomic E-state index is 10.5. The second kappa shape index (κ2) is 3.92.